The van der Waals surface area contributed by atoms with Crippen molar-refractivity contribution in [2.24, 2.45) is 5.92 Å². The van der Waals surface area contributed by atoms with Crippen LogP contribution >= 0.6 is 0 Å². The number of esters is 1. The van der Waals surface area contributed by atoms with Crippen molar-refractivity contribution in [2.75, 3.05) is 13.7 Å². The van der Waals surface area contributed by atoms with Crippen molar-refractivity contribution in [3.8, 4) is 5.75 Å². The summed E-state index contributed by atoms with van der Waals surface area (Å²) in [7, 11) is 1.43. The largest absolute Gasteiger partial charge is 0.496 e. The van der Waals surface area contributed by atoms with Crippen LogP contribution in [0.25, 0.3) is 0 Å². The highest BCUT2D eigenvalue weighted by atomic mass is 16.6. The summed E-state index contributed by atoms with van der Waals surface area (Å²) >= 11 is 0. The first-order chi connectivity index (χ1) is 18.4. The Labute approximate surface area is 221 Å². The van der Waals surface area contributed by atoms with Gasteiger partial charge in [0.2, 0.25) is 5.91 Å². The van der Waals surface area contributed by atoms with Gasteiger partial charge in [0, 0.05) is 0 Å². The number of hydrogen-bond acceptors (Lipinski definition) is 7. The van der Waals surface area contributed by atoms with Crippen LogP contribution in [0.3, 0.4) is 0 Å². The molecule has 4 rings (SSSR count). The number of ether oxygens (including phenoxy) is 3. The monoisotopic (exact) mass is 517 g/mol. The minimum Gasteiger partial charge on any atom is -0.496 e. The molecule has 3 aromatic rings. The van der Waals surface area contributed by atoms with Crippen molar-refractivity contribution in [1.29, 1.82) is 0 Å². The van der Waals surface area contributed by atoms with Crippen LogP contribution in [0.15, 0.2) is 78.9 Å². The van der Waals surface area contributed by atoms with Crippen molar-refractivity contribution < 1.29 is 33.7 Å². The molecule has 0 saturated carbocycles. The minimum atomic E-state index is -1.27. The van der Waals surface area contributed by atoms with E-state index in [1.807, 2.05) is 60.7 Å². The van der Waals surface area contributed by atoms with E-state index in [9.17, 15) is 19.5 Å². The summed E-state index contributed by atoms with van der Waals surface area (Å²) in [4.78, 5) is 40.1. The van der Waals surface area contributed by atoms with Gasteiger partial charge in [0.05, 0.1) is 25.2 Å². The second kappa shape index (κ2) is 12.4. The first-order valence-electron chi connectivity index (χ1n) is 12.5. The SMILES string of the molecule is CCC(C(=O)N1C(=O)OC[C@@H]1Cc1ccccc1)C(O)c1ccc(OC)c(C(=O)OCc2ccccc2)c1. The lowest BCUT2D eigenvalue weighted by molar-refractivity contribution is -0.137. The van der Waals surface area contributed by atoms with Gasteiger partial charge in [-0.1, -0.05) is 73.7 Å². The molecule has 0 bridgehead atoms. The fourth-order valence-electron chi connectivity index (χ4n) is 4.58. The Kier molecular flexibility index (Phi) is 8.76. The molecule has 1 N–H and O–H groups in total. The number of aliphatic hydroxyl groups is 1. The van der Waals surface area contributed by atoms with Gasteiger partial charge in [0.15, 0.2) is 0 Å². The van der Waals surface area contributed by atoms with E-state index in [0.717, 1.165) is 16.0 Å². The molecule has 1 saturated heterocycles. The average molecular weight is 518 g/mol. The molecule has 0 spiro atoms. The topological polar surface area (TPSA) is 102 Å². The Morgan fingerprint density at radius 2 is 1.68 bits per heavy atom. The Bertz CT molecular complexity index is 1260. The Balaban J connectivity index is 1.53. The van der Waals surface area contributed by atoms with E-state index in [0.29, 0.717) is 12.0 Å². The quantitative estimate of drug-likeness (QED) is 0.389. The maximum atomic E-state index is 13.6. The minimum absolute atomic E-state index is 0.0750. The van der Waals surface area contributed by atoms with E-state index in [1.165, 1.54) is 13.2 Å². The average Bonchev–Trinajstić information content (AvgIpc) is 3.32. The van der Waals surface area contributed by atoms with Gasteiger partial charge < -0.3 is 19.3 Å². The van der Waals surface area contributed by atoms with E-state index >= 15 is 0 Å². The third kappa shape index (κ3) is 6.03. The summed E-state index contributed by atoms with van der Waals surface area (Å²) in [6.45, 7) is 1.93. The van der Waals surface area contributed by atoms with Crippen LogP contribution < -0.4 is 4.74 Å². The van der Waals surface area contributed by atoms with Crippen molar-refractivity contribution >= 4 is 18.0 Å². The molecule has 1 heterocycles. The highest BCUT2D eigenvalue weighted by Gasteiger charge is 2.42. The molecule has 0 aromatic heterocycles. The fraction of sp³-hybridized carbons (Fsp3) is 0.300. The van der Waals surface area contributed by atoms with Gasteiger partial charge in [0.1, 0.15) is 24.5 Å². The molecular weight excluding hydrogens is 486 g/mol. The smallest absolute Gasteiger partial charge is 0.416 e. The molecule has 38 heavy (non-hydrogen) atoms. The van der Waals surface area contributed by atoms with Crippen LogP contribution in [0.4, 0.5) is 4.79 Å². The van der Waals surface area contributed by atoms with Gasteiger partial charge >= 0.3 is 12.1 Å². The second-order valence-electron chi connectivity index (χ2n) is 9.11. The van der Waals surface area contributed by atoms with Crippen LogP contribution in [0.1, 0.15) is 46.5 Å². The van der Waals surface area contributed by atoms with Gasteiger partial charge in [-0.05, 0) is 41.7 Å². The predicted molar refractivity (Wildman–Crippen MR) is 139 cm³/mol. The van der Waals surface area contributed by atoms with Crippen LogP contribution in [0.2, 0.25) is 0 Å². The molecule has 1 aliphatic rings. The molecular formula is C30H31NO7. The second-order valence-corrected chi connectivity index (χ2v) is 9.11. The van der Waals surface area contributed by atoms with Crippen LogP contribution in [-0.2, 0) is 27.3 Å². The number of carbonyl (C=O) groups excluding carboxylic acids is 3. The zero-order chi connectivity index (χ0) is 27.1. The number of hydrogen-bond donors (Lipinski definition) is 1. The molecule has 0 aliphatic carbocycles. The lowest BCUT2D eigenvalue weighted by atomic mass is 9.90. The van der Waals surface area contributed by atoms with Gasteiger partial charge in [-0.25, -0.2) is 14.5 Å². The lowest BCUT2D eigenvalue weighted by Crippen LogP contribution is -2.45. The first-order valence-corrected chi connectivity index (χ1v) is 12.5. The van der Waals surface area contributed by atoms with E-state index in [-0.39, 0.29) is 30.9 Å². The molecule has 2 unspecified atom stereocenters. The fourth-order valence-corrected chi connectivity index (χ4v) is 4.58. The highest BCUT2D eigenvalue weighted by molar-refractivity contribution is 5.95. The van der Waals surface area contributed by atoms with Gasteiger partial charge in [-0.2, -0.15) is 0 Å². The van der Waals surface area contributed by atoms with E-state index in [1.54, 1.807) is 19.1 Å². The number of imide groups is 1. The Hall–Kier alpha value is -4.17. The summed E-state index contributed by atoms with van der Waals surface area (Å²) < 4.78 is 16.0. The predicted octanol–water partition coefficient (Wildman–Crippen LogP) is 4.70. The van der Waals surface area contributed by atoms with E-state index < -0.39 is 36.0 Å². The number of methoxy groups -OCH3 is 1. The Morgan fingerprint density at radius 1 is 1.03 bits per heavy atom. The maximum absolute atomic E-state index is 13.6. The number of benzene rings is 3. The summed E-state index contributed by atoms with van der Waals surface area (Å²) in [5.74, 6) is -1.79. The van der Waals surface area contributed by atoms with Gasteiger partial charge in [-0.3, -0.25) is 4.79 Å². The number of aliphatic hydroxyl groups excluding tert-OH is 1. The highest BCUT2D eigenvalue weighted by Crippen LogP contribution is 2.32. The van der Waals surface area contributed by atoms with Crippen molar-refractivity contribution in [2.45, 2.75) is 38.5 Å². The van der Waals surface area contributed by atoms with Gasteiger partial charge in [0.25, 0.3) is 0 Å². The van der Waals surface area contributed by atoms with Crippen LogP contribution in [0.5, 0.6) is 5.75 Å². The summed E-state index contributed by atoms with van der Waals surface area (Å²) in [6.07, 6.45) is -1.28. The van der Waals surface area contributed by atoms with Crippen molar-refractivity contribution in [3.05, 3.63) is 101 Å². The molecule has 0 radical (unpaired) electrons. The normalized spacial score (nSPS) is 16.4. The molecule has 8 nitrogen and oxygen atoms in total. The molecule has 1 fully saturated rings. The third-order valence-electron chi connectivity index (χ3n) is 6.65. The van der Waals surface area contributed by atoms with E-state index in [4.69, 9.17) is 14.2 Å². The number of carbonyl (C=O) groups is 3. The Morgan fingerprint density at radius 3 is 2.32 bits per heavy atom. The standard InChI is InChI=1S/C30H31NO7/c1-3-24(28(33)31-23(19-38-30(31)35)16-20-10-6-4-7-11-20)27(32)22-14-15-26(36-2)25(17-22)29(34)37-18-21-12-8-5-9-13-21/h4-15,17,23-24,27,32H,3,16,18-19H2,1-2H3/t23-,24?,27?/m0/s1. The summed E-state index contributed by atoms with van der Waals surface area (Å²) in [5, 5.41) is 11.3. The number of nitrogens with zero attached hydrogens (tertiary/aromatic N) is 1. The summed E-state index contributed by atoms with van der Waals surface area (Å²) in [6, 6.07) is 22.9. The van der Waals surface area contributed by atoms with Crippen LogP contribution in [-0.4, -0.2) is 47.7 Å². The number of cyclic esters (lactones) is 1. The number of rotatable bonds is 10. The lowest BCUT2D eigenvalue weighted by Gasteiger charge is -2.27. The third-order valence-corrected chi connectivity index (χ3v) is 6.65. The molecule has 1 aliphatic heterocycles. The molecule has 8 heteroatoms. The zero-order valence-electron chi connectivity index (χ0n) is 21.4. The number of amides is 2. The van der Waals surface area contributed by atoms with Crippen molar-refractivity contribution in [3.63, 3.8) is 0 Å². The molecule has 198 valence electrons. The first kappa shape index (κ1) is 26.9. The molecule has 3 aromatic carbocycles. The van der Waals surface area contributed by atoms with E-state index in [2.05, 4.69) is 0 Å². The van der Waals surface area contributed by atoms with Crippen molar-refractivity contribution in [1.82, 2.24) is 4.90 Å². The molecule has 2 amide bonds. The maximum Gasteiger partial charge on any atom is 0.416 e. The summed E-state index contributed by atoms with van der Waals surface area (Å²) in [5.41, 5.74) is 2.26. The zero-order valence-corrected chi connectivity index (χ0v) is 21.4. The molecule has 3 atom stereocenters. The van der Waals surface area contributed by atoms with Crippen LogP contribution in [0, 0.1) is 5.92 Å². The van der Waals surface area contributed by atoms with Gasteiger partial charge in [-0.15, -0.1) is 0 Å².